The summed E-state index contributed by atoms with van der Waals surface area (Å²) in [7, 11) is 0. The van der Waals surface area contributed by atoms with Crippen LogP contribution in [0.5, 0.6) is 0 Å². The van der Waals surface area contributed by atoms with Gasteiger partial charge in [0.25, 0.3) is 0 Å². The fourth-order valence-corrected chi connectivity index (χ4v) is 2.27. The van der Waals surface area contributed by atoms with Crippen molar-refractivity contribution in [3.05, 3.63) is 0 Å². The van der Waals surface area contributed by atoms with Crippen molar-refractivity contribution in [2.75, 3.05) is 13.2 Å². The van der Waals surface area contributed by atoms with Gasteiger partial charge in [-0.25, -0.2) is 0 Å². The fraction of sp³-hybridized carbons (Fsp3) is 0.929. The standard InChI is InChI=1S/C14H28INO2/c1-12(2,3)10-14(7,13(4,5)6)11(17)18-9-8-16-15/h16H,8-10H2,1-7H3. The van der Waals surface area contributed by atoms with Crippen molar-refractivity contribution in [2.45, 2.75) is 54.9 Å². The number of rotatable bonds is 5. The number of hydrogen-bond donors (Lipinski definition) is 1. The molecule has 0 saturated heterocycles. The SMILES string of the molecule is CC(C)(C)CC(C)(C(=O)OCCNI)C(C)(C)C. The molecule has 18 heavy (non-hydrogen) atoms. The molecule has 108 valence electrons. The topological polar surface area (TPSA) is 38.3 Å². The van der Waals surface area contributed by atoms with Gasteiger partial charge in [-0.3, -0.25) is 8.32 Å². The molecule has 1 unspecified atom stereocenters. The maximum atomic E-state index is 12.4. The molecular formula is C14H28INO2. The first-order valence-electron chi connectivity index (χ1n) is 6.45. The summed E-state index contributed by atoms with van der Waals surface area (Å²) in [6.07, 6.45) is 0.819. The van der Waals surface area contributed by atoms with Gasteiger partial charge in [-0.2, -0.15) is 0 Å². The first-order valence-corrected chi connectivity index (χ1v) is 7.53. The predicted octanol–water partition coefficient (Wildman–Crippen LogP) is 3.96. The summed E-state index contributed by atoms with van der Waals surface area (Å²) in [5.41, 5.74) is -0.478. The minimum absolute atomic E-state index is 0.0865. The summed E-state index contributed by atoms with van der Waals surface area (Å²) in [5, 5.41) is 0. The van der Waals surface area contributed by atoms with Crippen molar-refractivity contribution < 1.29 is 9.53 Å². The van der Waals surface area contributed by atoms with Crippen molar-refractivity contribution in [2.24, 2.45) is 16.2 Å². The molecule has 0 aliphatic heterocycles. The molecule has 0 aromatic heterocycles. The van der Waals surface area contributed by atoms with Crippen LogP contribution in [0.4, 0.5) is 0 Å². The lowest BCUT2D eigenvalue weighted by atomic mass is 9.61. The smallest absolute Gasteiger partial charge is 0.312 e. The van der Waals surface area contributed by atoms with E-state index in [2.05, 4.69) is 67.9 Å². The van der Waals surface area contributed by atoms with E-state index in [0.717, 1.165) is 6.42 Å². The average Bonchev–Trinajstić information content (AvgIpc) is 2.13. The summed E-state index contributed by atoms with van der Waals surface area (Å²) in [6.45, 7) is 15.9. The number of ether oxygens (including phenoxy) is 1. The first-order chi connectivity index (χ1) is 7.94. The van der Waals surface area contributed by atoms with E-state index in [4.69, 9.17) is 4.74 Å². The third-order valence-electron chi connectivity index (χ3n) is 3.42. The van der Waals surface area contributed by atoms with Gasteiger partial charge in [0.15, 0.2) is 0 Å². The maximum absolute atomic E-state index is 12.4. The first kappa shape index (κ1) is 18.2. The molecule has 0 rings (SSSR count). The Morgan fingerprint density at radius 3 is 1.94 bits per heavy atom. The van der Waals surface area contributed by atoms with Gasteiger partial charge in [-0.05, 0) is 24.2 Å². The van der Waals surface area contributed by atoms with Gasteiger partial charge in [0.05, 0.1) is 5.41 Å². The van der Waals surface area contributed by atoms with Gasteiger partial charge in [0.2, 0.25) is 0 Å². The second-order valence-electron chi connectivity index (χ2n) is 7.34. The molecule has 0 aliphatic carbocycles. The monoisotopic (exact) mass is 369 g/mol. The van der Waals surface area contributed by atoms with Gasteiger partial charge < -0.3 is 4.74 Å². The molecule has 0 bridgehead atoms. The van der Waals surface area contributed by atoms with Crippen LogP contribution in [0, 0.1) is 16.2 Å². The third-order valence-corrected chi connectivity index (χ3v) is 3.96. The maximum Gasteiger partial charge on any atom is 0.312 e. The summed E-state index contributed by atoms with van der Waals surface area (Å²) in [6, 6.07) is 0. The normalized spacial score (nSPS) is 16.2. The second kappa shape index (κ2) is 6.55. The van der Waals surface area contributed by atoms with E-state index in [1.165, 1.54) is 0 Å². The minimum atomic E-state index is -0.462. The zero-order valence-electron chi connectivity index (χ0n) is 12.8. The summed E-state index contributed by atoms with van der Waals surface area (Å²) in [5.74, 6) is -0.0865. The van der Waals surface area contributed by atoms with E-state index in [0.29, 0.717) is 13.2 Å². The van der Waals surface area contributed by atoms with Crippen LogP contribution in [0.25, 0.3) is 0 Å². The molecular weight excluding hydrogens is 341 g/mol. The van der Waals surface area contributed by atoms with Crippen LogP contribution in [0.1, 0.15) is 54.9 Å². The van der Waals surface area contributed by atoms with Crippen molar-refractivity contribution in [3.63, 3.8) is 0 Å². The highest BCUT2D eigenvalue weighted by atomic mass is 127. The van der Waals surface area contributed by atoms with Crippen molar-refractivity contribution >= 4 is 28.8 Å². The highest BCUT2D eigenvalue weighted by molar-refractivity contribution is 14.1. The number of carbonyl (C=O) groups is 1. The molecule has 0 fully saturated rings. The van der Waals surface area contributed by atoms with Crippen LogP contribution in [0.15, 0.2) is 0 Å². The Morgan fingerprint density at radius 1 is 1.11 bits per heavy atom. The Balaban J connectivity index is 4.94. The number of hydrogen-bond acceptors (Lipinski definition) is 3. The lowest BCUT2D eigenvalue weighted by Gasteiger charge is -2.43. The van der Waals surface area contributed by atoms with Crippen LogP contribution in [0.2, 0.25) is 0 Å². The minimum Gasteiger partial charge on any atom is -0.464 e. The van der Waals surface area contributed by atoms with Crippen LogP contribution in [-0.2, 0) is 9.53 Å². The van der Waals surface area contributed by atoms with E-state index in [-0.39, 0.29) is 16.8 Å². The molecule has 1 N–H and O–H groups in total. The van der Waals surface area contributed by atoms with Gasteiger partial charge in [0.1, 0.15) is 6.61 Å². The fourth-order valence-electron chi connectivity index (χ4n) is 2.05. The van der Waals surface area contributed by atoms with E-state index < -0.39 is 5.41 Å². The van der Waals surface area contributed by atoms with Crippen LogP contribution in [0.3, 0.4) is 0 Å². The highest BCUT2D eigenvalue weighted by Crippen LogP contribution is 2.47. The van der Waals surface area contributed by atoms with E-state index in [1.807, 2.05) is 6.92 Å². The zero-order valence-corrected chi connectivity index (χ0v) is 15.0. The lowest BCUT2D eigenvalue weighted by molar-refractivity contribution is -0.164. The molecule has 0 heterocycles. The van der Waals surface area contributed by atoms with Crippen molar-refractivity contribution in [1.82, 2.24) is 3.53 Å². The number of halogens is 1. The van der Waals surface area contributed by atoms with E-state index in [1.54, 1.807) is 0 Å². The summed E-state index contributed by atoms with van der Waals surface area (Å²) < 4.78 is 8.37. The van der Waals surface area contributed by atoms with Gasteiger partial charge in [-0.15, -0.1) is 0 Å². The van der Waals surface area contributed by atoms with Crippen molar-refractivity contribution in [3.8, 4) is 0 Å². The molecule has 3 nitrogen and oxygen atoms in total. The molecule has 1 atom stereocenters. The van der Waals surface area contributed by atoms with Crippen LogP contribution in [-0.4, -0.2) is 19.1 Å². The molecule has 0 aromatic carbocycles. The Labute approximate surface area is 126 Å². The van der Waals surface area contributed by atoms with E-state index >= 15 is 0 Å². The quantitative estimate of drug-likeness (QED) is 0.345. The zero-order chi connectivity index (χ0) is 14.6. The Bertz CT molecular complexity index is 278. The molecule has 0 aliphatic rings. The Kier molecular flexibility index (Phi) is 6.61. The second-order valence-corrected chi connectivity index (χ2v) is 8.10. The Morgan fingerprint density at radius 2 is 1.61 bits per heavy atom. The lowest BCUT2D eigenvalue weighted by Crippen LogP contribution is -2.44. The van der Waals surface area contributed by atoms with Crippen LogP contribution < -0.4 is 3.53 Å². The average molecular weight is 369 g/mol. The van der Waals surface area contributed by atoms with Gasteiger partial charge in [-0.1, -0.05) is 41.5 Å². The largest absolute Gasteiger partial charge is 0.464 e. The molecule has 0 aromatic rings. The summed E-state index contributed by atoms with van der Waals surface area (Å²) in [4.78, 5) is 12.4. The van der Waals surface area contributed by atoms with Crippen molar-refractivity contribution in [1.29, 1.82) is 0 Å². The summed E-state index contributed by atoms with van der Waals surface area (Å²) >= 11 is 2.05. The van der Waals surface area contributed by atoms with Gasteiger partial charge >= 0.3 is 5.97 Å². The molecule has 0 spiro atoms. The number of nitrogens with one attached hydrogen (secondary N) is 1. The molecule has 0 radical (unpaired) electrons. The van der Waals surface area contributed by atoms with E-state index in [9.17, 15) is 4.79 Å². The molecule has 0 amide bonds. The molecule has 0 saturated carbocycles. The van der Waals surface area contributed by atoms with Gasteiger partial charge in [0, 0.05) is 29.4 Å². The number of carbonyl (C=O) groups excluding carboxylic acids is 1. The number of esters is 1. The Hall–Kier alpha value is 0.160. The predicted molar refractivity (Wildman–Crippen MR) is 84.6 cm³/mol. The third kappa shape index (κ3) is 5.43. The highest BCUT2D eigenvalue weighted by Gasteiger charge is 2.47. The molecule has 4 heteroatoms. The van der Waals surface area contributed by atoms with Crippen LogP contribution >= 0.6 is 22.9 Å².